The van der Waals surface area contributed by atoms with Gasteiger partial charge in [0.25, 0.3) is 0 Å². The fourth-order valence-corrected chi connectivity index (χ4v) is 7.61. The first-order valence-electron chi connectivity index (χ1n) is 13.3. The number of benzene rings is 2. The summed E-state index contributed by atoms with van der Waals surface area (Å²) in [4.78, 5) is 69.2. The van der Waals surface area contributed by atoms with E-state index in [4.69, 9.17) is 21.1 Å². The highest BCUT2D eigenvalue weighted by atomic mass is 35.5. The second-order valence-electron chi connectivity index (χ2n) is 11.2. The van der Waals surface area contributed by atoms with Gasteiger partial charge in [-0.25, -0.2) is 14.1 Å². The van der Waals surface area contributed by atoms with Crippen molar-refractivity contribution in [3.8, 4) is 11.5 Å². The lowest BCUT2D eigenvalue weighted by molar-refractivity contribution is -0.138. The highest BCUT2D eigenvalue weighted by Crippen LogP contribution is 2.64. The summed E-state index contributed by atoms with van der Waals surface area (Å²) in [5.41, 5.74) is -0.140. The number of likely N-dealkylation sites (tertiary alicyclic amines) is 1. The van der Waals surface area contributed by atoms with Gasteiger partial charge in [0.2, 0.25) is 23.6 Å². The number of nitrogens with zero attached hydrogens (tertiary/aromatic N) is 2. The third kappa shape index (κ3) is 3.65. The van der Waals surface area contributed by atoms with Crippen molar-refractivity contribution in [2.45, 2.75) is 25.7 Å². The lowest BCUT2D eigenvalue weighted by atomic mass is 9.51. The number of hydrogen-bond donors (Lipinski definition) is 1. The van der Waals surface area contributed by atoms with Gasteiger partial charge in [-0.1, -0.05) is 29.3 Å². The minimum atomic E-state index is -1.40. The van der Waals surface area contributed by atoms with Gasteiger partial charge in [-0.3, -0.25) is 19.2 Å². The topological polar surface area (TPSA) is 131 Å². The van der Waals surface area contributed by atoms with Crippen LogP contribution in [0.2, 0.25) is 5.02 Å². The number of hydrogen-bond acceptors (Lipinski definition) is 8. The number of ether oxygens (including phenoxy) is 2. The molecule has 6 atom stereocenters. The number of rotatable bonds is 3. The Morgan fingerprint density at radius 2 is 1.79 bits per heavy atom. The molecule has 0 aromatic heterocycles. The van der Waals surface area contributed by atoms with Crippen LogP contribution in [0.3, 0.4) is 0 Å². The fourth-order valence-electron chi connectivity index (χ4n) is 7.44. The summed E-state index contributed by atoms with van der Waals surface area (Å²) in [7, 11) is 2.48. The second-order valence-corrected chi connectivity index (χ2v) is 11.6. The van der Waals surface area contributed by atoms with E-state index in [9.17, 15) is 33.5 Å². The molecule has 6 rings (SSSR count). The number of anilines is 1. The Morgan fingerprint density at radius 3 is 2.45 bits per heavy atom. The zero-order valence-electron chi connectivity index (χ0n) is 22.8. The molecule has 1 N–H and O–H groups in total. The van der Waals surface area contributed by atoms with Crippen LogP contribution >= 0.6 is 11.6 Å². The minimum absolute atomic E-state index is 0.0461. The molecular formula is C30H26ClFN2O8. The van der Waals surface area contributed by atoms with Gasteiger partial charge in [0.1, 0.15) is 17.3 Å². The predicted molar refractivity (Wildman–Crippen MR) is 145 cm³/mol. The van der Waals surface area contributed by atoms with Crippen molar-refractivity contribution in [2.75, 3.05) is 19.1 Å². The summed E-state index contributed by atoms with van der Waals surface area (Å²) in [5, 5.41) is 9.92. The Balaban J connectivity index is 1.54. The molecule has 0 radical (unpaired) electrons. The van der Waals surface area contributed by atoms with Crippen LogP contribution in [0.4, 0.5) is 14.9 Å². The number of phenolic OH excluding ortho intramolecular Hbond substituents is 1. The van der Waals surface area contributed by atoms with Crippen molar-refractivity contribution in [1.82, 2.24) is 4.90 Å². The number of phenols is 1. The standard InChI is InChI=1S/C30H26ClFN2O8/c1-30-19(26(37)33(28(30)39)13-4-9-21(32)20(31)10-13)12-18-15(24(30)16-6-5-14(35)11-22(16)41-2)7-8-17-23(18)27(38)34(25(17)36)29(40)42-3/h4-7,9-11,17-19,23-24,35H,8,12H2,1-3H3. The number of carbonyl (C=O) groups excluding carboxylic acids is 5. The maximum absolute atomic E-state index is 14.4. The molecule has 2 aromatic rings. The molecule has 2 heterocycles. The van der Waals surface area contributed by atoms with Gasteiger partial charge in [0.15, 0.2) is 0 Å². The maximum atomic E-state index is 14.4. The zero-order valence-corrected chi connectivity index (χ0v) is 23.6. The maximum Gasteiger partial charge on any atom is 0.423 e. The molecule has 0 bridgehead atoms. The Bertz CT molecular complexity index is 1620. The van der Waals surface area contributed by atoms with Crippen LogP contribution in [0.15, 0.2) is 48.0 Å². The zero-order chi connectivity index (χ0) is 30.2. The number of imide groups is 4. The van der Waals surface area contributed by atoms with Crippen molar-refractivity contribution in [3.63, 3.8) is 0 Å². The van der Waals surface area contributed by atoms with Crippen LogP contribution in [-0.2, 0) is 23.9 Å². The van der Waals surface area contributed by atoms with Crippen LogP contribution in [0.25, 0.3) is 0 Å². The van der Waals surface area contributed by atoms with E-state index in [1.165, 1.54) is 31.4 Å². The summed E-state index contributed by atoms with van der Waals surface area (Å²) >= 11 is 6.01. The Kier molecular flexibility index (Phi) is 6.41. The molecule has 10 nitrogen and oxygen atoms in total. The van der Waals surface area contributed by atoms with Gasteiger partial charge in [-0.2, -0.15) is 4.90 Å². The van der Waals surface area contributed by atoms with Gasteiger partial charge < -0.3 is 14.6 Å². The van der Waals surface area contributed by atoms with E-state index < -0.39 is 70.5 Å². The van der Waals surface area contributed by atoms with E-state index in [1.54, 1.807) is 13.0 Å². The van der Waals surface area contributed by atoms with Gasteiger partial charge >= 0.3 is 6.09 Å². The summed E-state index contributed by atoms with van der Waals surface area (Å²) in [6.07, 6.45) is 0.909. The number of halogens is 2. The summed E-state index contributed by atoms with van der Waals surface area (Å²) in [6.45, 7) is 1.67. The largest absolute Gasteiger partial charge is 0.508 e. The molecule has 2 saturated heterocycles. The number of carbonyl (C=O) groups is 5. The molecule has 5 amide bonds. The monoisotopic (exact) mass is 596 g/mol. The molecule has 6 unspecified atom stereocenters. The van der Waals surface area contributed by atoms with Crippen LogP contribution in [0, 0.1) is 34.9 Å². The first-order chi connectivity index (χ1) is 19.9. The summed E-state index contributed by atoms with van der Waals surface area (Å²) < 4.78 is 24.3. The van der Waals surface area contributed by atoms with E-state index >= 15 is 0 Å². The molecule has 4 aliphatic rings. The van der Waals surface area contributed by atoms with Crippen molar-refractivity contribution in [1.29, 1.82) is 0 Å². The normalized spacial score (nSPS) is 30.1. The van der Waals surface area contributed by atoms with E-state index in [0.717, 1.165) is 18.1 Å². The lowest BCUT2D eigenvalue weighted by Crippen LogP contribution is -2.49. The van der Waals surface area contributed by atoms with E-state index in [0.29, 0.717) is 16.0 Å². The number of aromatic hydroxyl groups is 1. The first kappa shape index (κ1) is 27.9. The van der Waals surface area contributed by atoms with Crippen LogP contribution in [-0.4, -0.2) is 53.9 Å². The van der Waals surface area contributed by atoms with Crippen LogP contribution < -0.4 is 9.64 Å². The quantitative estimate of drug-likeness (QED) is 0.412. The predicted octanol–water partition coefficient (Wildman–Crippen LogP) is 4.19. The summed E-state index contributed by atoms with van der Waals surface area (Å²) in [5.74, 6) is -7.27. The Labute approximate surface area is 244 Å². The molecular weight excluding hydrogens is 571 g/mol. The van der Waals surface area contributed by atoms with Crippen LogP contribution in [0.1, 0.15) is 31.2 Å². The fraction of sp³-hybridized carbons (Fsp3) is 0.367. The Morgan fingerprint density at radius 1 is 1.05 bits per heavy atom. The van der Waals surface area contributed by atoms with Crippen molar-refractivity contribution < 1.29 is 42.9 Å². The molecule has 2 aromatic carbocycles. The molecule has 3 fully saturated rings. The van der Waals surface area contributed by atoms with Gasteiger partial charge in [-0.15, -0.1) is 0 Å². The third-order valence-electron chi connectivity index (χ3n) is 9.32. The average molecular weight is 597 g/mol. The van der Waals surface area contributed by atoms with Crippen molar-refractivity contribution >= 4 is 47.0 Å². The molecule has 0 spiro atoms. The van der Waals surface area contributed by atoms with E-state index in [1.807, 2.05) is 6.08 Å². The number of fused-ring (bicyclic) bond motifs is 4. The Hall–Kier alpha value is -4.25. The van der Waals surface area contributed by atoms with Crippen molar-refractivity contribution in [3.05, 3.63) is 64.5 Å². The summed E-state index contributed by atoms with van der Waals surface area (Å²) in [6, 6.07) is 8.01. The van der Waals surface area contributed by atoms with E-state index in [2.05, 4.69) is 0 Å². The molecule has 218 valence electrons. The van der Waals surface area contributed by atoms with Gasteiger partial charge in [0.05, 0.1) is 48.1 Å². The number of amides is 5. The SMILES string of the molecule is COC(=O)N1C(=O)C2CC=C3C(CC4C(=O)N(c5ccc(F)c(Cl)c5)C(=O)C4(C)C3c3ccc(O)cc3OC)C2C1=O. The third-order valence-corrected chi connectivity index (χ3v) is 9.61. The highest BCUT2D eigenvalue weighted by Gasteiger charge is 2.68. The minimum Gasteiger partial charge on any atom is -0.508 e. The van der Waals surface area contributed by atoms with Gasteiger partial charge in [-0.05, 0) is 49.9 Å². The van der Waals surface area contributed by atoms with E-state index in [-0.39, 0.29) is 35.1 Å². The molecule has 2 aliphatic carbocycles. The average Bonchev–Trinajstić information content (AvgIpc) is 3.34. The van der Waals surface area contributed by atoms with Crippen LogP contribution in [0.5, 0.6) is 11.5 Å². The number of methoxy groups -OCH3 is 2. The molecule has 1 saturated carbocycles. The number of allylic oxidation sites excluding steroid dienone is 2. The second kappa shape index (κ2) is 9.65. The van der Waals surface area contributed by atoms with Gasteiger partial charge in [0, 0.05) is 17.5 Å². The lowest BCUT2D eigenvalue weighted by Gasteiger charge is -2.49. The first-order valence-corrected chi connectivity index (χ1v) is 13.7. The van der Waals surface area contributed by atoms with Crippen molar-refractivity contribution in [2.24, 2.45) is 29.1 Å². The highest BCUT2D eigenvalue weighted by molar-refractivity contribution is 6.31. The smallest absolute Gasteiger partial charge is 0.423 e. The molecule has 42 heavy (non-hydrogen) atoms. The molecule has 12 heteroatoms. The molecule has 2 aliphatic heterocycles.